The highest BCUT2D eigenvalue weighted by Crippen LogP contribution is 2.33. The number of imide groups is 1. The van der Waals surface area contributed by atoms with Crippen LogP contribution < -0.4 is 5.32 Å². The molecule has 2 unspecified atom stereocenters. The van der Waals surface area contributed by atoms with Crippen LogP contribution in [0.5, 0.6) is 0 Å². The molecule has 31 heavy (non-hydrogen) atoms. The number of urea groups is 1. The molecule has 0 aliphatic carbocycles. The molecule has 2 aromatic carbocycles. The van der Waals surface area contributed by atoms with Crippen molar-refractivity contribution in [3.63, 3.8) is 0 Å². The second-order valence-corrected chi connectivity index (χ2v) is 8.53. The maximum absolute atomic E-state index is 13.2. The largest absolute Gasteiger partial charge is 0.370 e. The van der Waals surface area contributed by atoms with Crippen molar-refractivity contribution in [1.82, 2.24) is 15.1 Å². The van der Waals surface area contributed by atoms with Crippen LogP contribution in [-0.2, 0) is 19.9 Å². The quantitative estimate of drug-likeness (QED) is 0.669. The topological polar surface area (TPSA) is 79.0 Å². The number of nitrogens with zero attached hydrogens (tertiary/aromatic N) is 2. The van der Waals surface area contributed by atoms with Gasteiger partial charge in [-0.25, -0.2) is 9.18 Å². The third-order valence-corrected chi connectivity index (χ3v) is 6.33. The summed E-state index contributed by atoms with van der Waals surface area (Å²) in [5.74, 6) is -1.18. The van der Waals surface area contributed by atoms with Gasteiger partial charge < -0.3 is 15.0 Å². The normalized spacial score (nSPS) is 23.8. The van der Waals surface area contributed by atoms with Crippen molar-refractivity contribution >= 4 is 33.8 Å². The van der Waals surface area contributed by atoms with Crippen molar-refractivity contribution in [2.45, 2.75) is 18.6 Å². The van der Waals surface area contributed by atoms with E-state index in [9.17, 15) is 18.8 Å². The standard InChI is InChI=1S/C22H21BrFN3O4/c1-22(16-4-2-3-5-17(16)23)20(29)27(21(30)25-22)13-19(28)26-10-11-31-18(12-26)14-6-8-15(24)9-7-14/h2-9,18H,10-13H2,1H3,(H,25,30). The summed E-state index contributed by atoms with van der Waals surface area (Å²) < 4.78 is 19.6. The fraction of sp³-hybridized carbons (Fsp3) is 0.318. The summed E-state index contributed by atoms with van der Waals surface area (Å²) in [4.78, 5) is 41.1. The number of halogens is 2. The lowest BCUT2D eigenvalue weighted by Crippen LogP contribution is -2.48. The van der Waals surface area contributed by atoms with Crippen LogP contribution >= 0.6 is 15.9 Å². The Balaban J connectivity index is 1.47. The molecular weight excluding hydrogens is 469 g/mol. The molecular formula is C22H21BrFN3O4. The van der Waals surface area contributed by atoms with E-state index in [4.69, 9.17) is 4.74 Å². The molecule has 162 valence electrons. The monoisotopic (exact) mass is 489 g/mol. The number of amides is 4. The summed E-state index contributed by atoms with van der Waals surface area (Å²) in [5.41, 5.74) is 0.112. The van der Waals surface area contributed by atoms with E-state index in [0.29, 0.717) is 23.2 Å². The molecule has 4 amide bonds. The molecule has 4 rings (SSSR count). The van der Waals surface area contributed by atoms with Gasteiger partial charge in [-0.15, -0.1) is 0 Å². The molecule has 2 atom stereocenters. The van der Waals surface area contributed by atoms with E-state index >= 15 is 0 Å². The molecule has 1 N–H and O–H groups in total. The Kier molecular flexibility index (Phi) is 5.81. The lowest BCUT2D eigenvalue weighted by Gasteiger charge is -2.34. The van der Waals surface area contributed by atoms with Crippen LogP contribution in [0, 0.1) is 5.82 Å². The summed E-state index contributed by atoms with van der Waals surface area (Å²) in [7, 11) is 0. The van der Waals surface area contributed by atoms with E-state index in [1.807, 2.05) is 6.07 Å². The van der Waals surface area contributed by atoms with Gasteiger partial charge in [0.1, 0.15) is 24.0 Å². The smallest absolute Gasteiger partial charge is 0.325 e. The summed E-state index contributed by atoms with van der Waals surface area (Å²) in [5, 5.41) is 2.71. The average molecular weight is 490 g/mol. The zero-order chi connectivity index (χ0) is 22.2. The minimum absolute atomic E-state index is 0.260. The third kappa shape index (κ3) is 4.07. The Morgan fingerprint density at radius 1 is 1.23 bits per heavy atom. The molecule has 2 fully saturated rings. The molecule has 2 aliphatic rings. The van der Waals surface area contributed by atoms with Gasteiger partial charge in [-0.3, -0.25) is 14.5 Å². The first kappa shape index (κ1) is 21.5. The van der Waals surface area contributed by atoms with Crippen LogP contribution in [0.4, 0.5) is 9.18 Å². The van der Waals surface area contributed by atoms with Crippen LogP contribution in [0.3, 0.4) is 0 Å². The number of ether oxygens (including phenoxy) is 1. The number of morpholine rings is 1. The Morgan fingerprint density at radius 2 is 1.94 bits per heavy atom. The van der Waals surface area contributed by atoms with Gasteiger partial charge in [0.15, 0.2) is 0 Å². The molecule has 2 saturated heterocycles. The Hall–Kier alpha value is -2.78. The number of hydrogen-bond donors (Lipinski definition) is 1. The molecule has 0 spiro atoms. The van der Waals surface area contributed by atoms with Crippen LogP contribution in [0.2, 0.25) is 0 Å². The third-order valence-electron chi connectivity index (χ3n) is 5.64. The molecule has 2 heterocycles. The van der Waals surface area contributed by atoms with Gasteiger partial charge >= 0.3 is 6.03 Å². The van der Waals surface area contributed by atoms with E-state index < -0.39 is 23.6 Å². The summed E-state index contributed by atoms with van der Waals surface area (Å²) >= 11 is 3.42. The molecule has 0 radical (unpaired) electrons. The van der Waals surface area contributed by atoms with Crippen molar-refractivity contribution in [2.24, 2.45) is 0 Å². The highest BCUT2D eigenvalue weighted by Gasteiger charge is 2.50. The molecule has 0 bridgehead atoms. The second kappa shape index (κ2) is 8.39. The predicted octanol–water partition coefficient (Wildman–Crippen LogP) is 2.96. The van der Waals surface area contributed by atoms with E-state index in [2.05, 4.69) is 21.2 Å². The van der Waals surface area contributed by atoms with E-state index in [1.54, 1.807) is 42.2 Å². The van der Waals surface area contributed by atoms with Gasteiger partial charge in [0.05, 0.1) is 13.2 Å². The predicted molar refractivity (Wildman–Crippen MR) is 113 cm³/mol. The van der Waals surface area contributed by atoms with Gasteiger partial charge in [-0.2, -0.15) is 0 Å². The van der Waals surface area contributed by atoms with Crippen molar-refractivity contribution in [3.8, 4) is 0 Å². The lowest BCUT2D eigenvalue weighted by molar-refractivity contribution is -0.143. The summed E-state index contributed by atoms with van der Waals surface area (Å²) in [6.45, 7) is 2.18. The van der Waals surface area contributed by atoms with Gasteiger partial charge in [-0.05, 0) is 30.7 Å². The number of hydrogen-bond acceptors (Lipinski definition) is 4. The fourth-order valence-corrected chi connectivity index (χ4v) is 4.56. The molecule has 9 heteroatoms. The average Bonchev–Trinajstić information content (AvgIpc) is 2.98. The highest BCUT2D eigenvalue weighted by atomic mass is 79.9. The van der Waals surface area contributed by atoms with Gasteiger partial charge in [-0.1, -0.05) is 46.3 Å². The van der Waals surface area contributed by atoms with Crippen molar-refractivity contribution in [2.75, 3.05) is 26.2 Å². The van der Waals surface area contributed by atoms with Crippen LogP contribution in [0.25, 0.3) is 0 Å². The molecule has 2 aliphatic heterocycles. The Bertz CT molecular complexity index is 1030. The number of benzene rings is 2. The second-order valence-electron chi connectivity index (χ2n) is 7.68. The number of carbonyl (C=O) groups excluding carboxylic acids is 3. The maximum Gasteiger partial charge on any atom is 0.325 e. The van der Waals surface area contributed by atoms with Gasteiger partial charge in [0, 0.05) is 16.6 Å². The first-order valence-corrected chi connectivity index (χ1v) is 10.6. The summed E-state index contributed by atoms with van der Waals surface area (Å²) in [6.07, 6.45) is -0.396. The van der Waals surface area contributed by atoms with E-state index in [-0.39, 0.29) is 24.8 Å². The van der Waals surface area contributed by atoms with Crippen molar-refractivity contribution in [1.29, 1.82) is 0 Å². The lowest BCUT2D eigenvalue weighted by atomic mass is 9.92. The van der Waals surface area contributed by atoms with Gasteiger partial charge in [0.2, 0.25) is 5.91 Å². The fourth-order valence-electron chi connectivity index (χ4n) is 3.88. The van der Waals surface area contributed by atoms with Crippen molar-refractivity contribution in [3.05, 3.63) is 69.9 Å². The van der Waals surface area contributed by atoms with Crippen LogP contribution in [0.1, 0.15) is 24.2 Å². The molecule has 2 aromatic rings. The first-order valence-electron chi connectivity index (χ1n) is 9.83. The zero-order valence-electron chi connectivity index (χ0n) is 16.8. The van der Waals surface area contributed by atoms with E-state index in [0.717, 1.165) is 10.5 Å². The van der Waals surface area contributed by atoms with Crippen LogP contribution in [-0.4, -0.2) is 53.9 Å². The summed E-state index contributed by atoms with van der Waals surface area (Å²) in [6, 6.07) is 12.4. The Morgan fingerprint density at radius 3 is 2.65 bits per heavy atom. The van der Waals surface area contributed by atoms with Crippen molar-refractivity contribution < 1.29 is 23.5 Å². The minimum Gasteiger partial charge on any atom is -0.370 e. The molecule has 0 saturated carbocycles. The number of rotatable bonds is 4. The highest BCUT2D eigenvalue weighted by molar-refractivity contribution is 9.10. The SMILES string of the molecule is CC1(c2ccccc2Br)NC(=O)N(CC(=O)N2CCOC(c3ccc(F)cc3)C2)C1=O. The Labute approximate surface area is 187 Å². The minimum atomic E-state index is -1.26. The molecule has 7 nitrogen and oxygen atoms in total. The molecule has 0 aromatic heterocycles. The van der Waals surface area contributed by atoms with Gasteiger partial charge in [0.25, 0.3) is 5.91 Å². The first-order chi connectivity index (χ1) is 14.8. The zero-order valence-corrected chi connectivity index (χ0v) is 18.4. The van der Waals surface area contributed by atoms with Crippen LogP contribution in [0.15, 0.2) is 53.0 Å². The number of carbonyl (C=O) groups is 3. The van der Waals surface area contributed by atoms with E-state index in [1.165, 1.54) is 12.1 Å². The number of nitrogens with one attached hydrogen (secondary N) is 1. The maximum atomic E-state index is 13.2.